The summed E-state index contributed by atoms with van der Waals surface area (Å²) in [4.78, 5) is 22.5. The minimum Gasteiger partial charge on any atom is -0.397 e. The number of benzene rings is 1. The molecular weight excluding hydrogens is 324 g/mol. The molecule has 2 rings (SSSR count). The molecule has 1 heterocycles. The summed E-state index contributed by atoms with van der Waals surface area (Å²) in [5.74, 6) is -3.36. The van der Waals surface area contributed by atoms with Crippen LogP contribution in [0, 0.1) is 21.8 Å². The number of nitro groups is 1. The van der Waals surface area contributed by atoms with Gasteiger partial charge in [-0.3, -0.25) is 14.9 Å². The molecule has 120 valence electrons. The van der Waals surface area contributed by atoms with Gasteiger partial charge in [0.05, 0.1) is 22.1 Å². The Labute approximate surface area is 123 Å². The van der Waals surface area contributed by atoms with Crippen LogP contribution < -0.4 is 10.6 Å². The number of nitrogens with two attached hydrogens (primary N) is 1. The summed E-state index contributed by atoms with van der Waals surface area (Å²) in [6.45, 7) is -0.163. The molecule has 11 heteroatoms. The number of hydrogen-bond acceptors (Lipinski definition) is 6. The fourth-order valence-corrected chi connectivity index (χ4v) is 3.14. The van der Waals surface area contributed by atoms with Gasteiger partial charge in [0.25, 0.3) is 0 Å². The average molecular weight is 335 g/mol. The van der Waals surface area contributed by atoms with E-state index in [2.05, 4.69) is 0 Å². The Morgan fingerprint density at radius 3 is 2.64 bits per heavy atom. The summed E-state index contributed by atoms with van der Waals surface area (Å²) in [5.41, 5.74) is 4.44. The fourth-order valence-electron chi connectivity index (χ4n) is 2.35. The second kappa shape index (κ2) is 5.48. The highest BCUT2D eigenvalue weighted by molar-refractivity contribution is 7.86. The summed E-state index contributed by atoms with van der Waals surface area (Å²) in [7, 11) is -4.75. The van der Waals surface area contributed by atoms with Crippen molar-refractivity contribution in [3.8, 4) is 0 Å². The third kappa shape index (κ3) is 3.30. The van der Waals surface area contributed by atoms with E-state index in [1.54, 1.807) is 0 Å². The molecule has 1 fully saturated rings. The first-order chi connectivity index (χ1) is 10.1. The Kier molecular flexibility index (Phi) is 4.00. The molecule has 0 spiro atoms. The van der Waals surface area contributed by atoms with Crippen LogP contribution in [0.2, 0.25) is 0 Å². The first kappa shape index (κ1) is 16.1. The number of nitrogens with zero attached hydrogens (tertiary/aromatic N) is 2. The van der Waals surface area contributed by atoms with Crippen LogP contribution in [-0.4, -0.2) is 31.5 Å². The van der Waals surface area contributed by atoms with E-state index in [0.29, 0.717) is 0 Å². The van der Waals surface area contributed by atoms with E-state index in [0.717, 1.165) is 17.0 Å². The van der Waals surface area contributed by atoms with Gasteiger partial charge in [0, 0.05) is 31.0 Å². The summed E-state index contributed by atoms with van der Waals surface area (Å²) < 4.78 is 47.5. The van der Waals surface area contributed by atoms with Crippen LogP contribution in [0.3, 0.4) is 0 Å². The zero-order chi connectivity index (χ0) is 16.7. The van der Waals surface area contributed by atoms with Gasteiger partial charge in [0.15, 0.2) is 0 Å². The SMILES string of the molecule is Nc1cc([N+](=O)[O-])c(F)cc1N1CC(CS(=O)(=O)F)CC1=O. The van der Waals surface area contributed by atoms with Crippen molar-refractivity contribution >= 4 is 33.2 Å². The van der Waals surface area contributed by atoms with E-state index in [4.69, 9.17) is 5.73 Å². The van der Waals surface area contributed by atoms with Gasteiger partial charge in [0.2, 0.25) is 11.7 Å². The van der Waals surface area contributed by atoms with E-state index in [-0.39, 0.29) is 24.3 Å². The van der Waals surface area contributed by atoms with E-state index < -0.39 is 44.2 Å². The lowest BCUT2D eigenvalue weighted by atomic mass is 10.1. The molecule has 1 aliphatic heterocycles. The molecule has 1 amide bonds. The number of anilines is 2. The van der Waals surface area contributed by atoms with Crippen LogP contribution in [-0.2, 0) is 15.0 Å². The number of nitro benzene ring substituents is 1. The highest BCUT2D eigenvalue weighted by atomic mass is 32.3. The third-order valence-corrected chi connectivity index (χ3v) is 4.09. The number of carbonyl (C=O) groups is 1. The molecule has 8 nitrogen and oxygen atoms in total. The van der Waals surface area contributed by atoms with Crippen molar-refractivity contribution in [2.24, 2.45) is 5.92 Å². The average Bonchev–Trinajstić information content (AvgIpc) is 2.69. The smallest absolute Gasteiger partial charge is 0.306 e. The van der Waals surface area contributed by atoms with Gasteiger partial charge in [-0.05, 0) is 0 Å². The summed E-state index contributed by atoms with van der Waals surface area (Å²) in [6, 6.07) is 1.51. The minimum atomic E-state index is -4.75. The Morgan fingerprint density at radius 2 is 2.09 bits per heavy atom. The van der Waals surface area contributed by atoms with Crippen LogP contribution in [0.4, 0.5) is 25.3 Å². The molecule has 0 bridgehead atoms. The molecule has 0 saturated carbocycles. The van der Waals surface area contributed by atoms with Crippen LogP contribution in [0.25, 0.3) is 0 Å². The number of halogens is 2. The standard InChI is InChI=1S/C11H11F2N3O5S/c12-7-2-10(8(14)3-9(7)16(18)19)15-4-6(1-11(15)17)5-22(13,20)21/h2-3,6H,1,4-5,14H2. The molecule has 1 aromatic rings. The van der Waals surface area contributed by atoms with Gasteiger partial charge in [-0.15, -0.1) is 3.89 Å². The fraction of sp³-hybridized carbons (Fsp3) is 0.364. The van der Waals surface area contributed by atoms with Crippen LogP contribution in [0.1, 0.15) is 6.42 Å². The molecule has 1 unspecified atom stereocenters. The molecule has 0 radical (unpaired) electrons. The maximum Gasteiger partial charge on any atom is 0.306 e. The molecule has 1 aliphatic rings. The van der Waals surface area contributed by atoms with Crippen molar-refractivity contribution in [3.05, 3.63) is 28.1 Å². The third-order valence-electron chi connectivity index (χ3n) is 3.22. The molecule has 1 aromatic carbocycles. The summed E-state index contributed by atoms with van der Waals surface area (Å²) >= 11 is 0. The predicted octanol–water partition coefficient (Wildman–Crippen LogP) is 0.968. The normalized spacial score (nSPS) is 18.7. The van der Waals surface area contributed by atoms with Crippen molar-refractivity contribution < 1.29 is 26.4 Å². The lowest BCUT2D eigenvalue weighted by molar-refractivity contribution is -0.387. The van der Waals surface area contributed by atoms with Gasteiger partial charge in [0.1, 0.15) is 0 Å². The Balaban J connectivity index is 2.31. The summed E-state index contributed by atoms with van der Waals surface area (Å²) in [6.07, 6.45) is -0.235. The van der Waals surface area contributed by atoms with Crippen molar-refractivity contribution in [3.63, 3.8) is 0 Å². The monoisotopic (exact) mass is 335 g/mol. The summed E-state index contributed by atoms with van der Waals surface area (Å²) in [5, 5.41) is 10.6. The van der Waals surface area contributed by atoms with Gasteiger partial charge in [-0.25, -0.2) is 0 Å². The minimum absolute atomic E-state index is 0.105. The number of nitrogen functional groups attached to an aromatic ring is 1. The second-order valence-corrected chi connectivity index (χ2v) is 6.31. The van der Waals surface area contributed by atoms with Crippen LogP contribution in [0.5, 0.6) is 0 Å². The quantitative estimate of drug-likeness (QED) is 0.378. The van der Waals surface area contributed by atoms with Gasteiger partial charge < -0.3 is 10.6 Å². The first-order valence-corrected chi connectivity index (χ1v) is 7.60. The molecule has 1 saturated heterocycles. The topological polar surface area (TPSA) is 124 Å². The number of rotatable bonds is 4. The van der Waals surface area contributed by atoms with Crippen LogP contribution in [0.15, 0.2) is 12.1 Å². The van der Waals surface area contributed by atoms with Crippen LogP contribution >= 0.6 is 0 Å². The number of hydrogen-bond donors (Lipinski definition) is 1. The Hall–Kier alpha value is -2.30. The Bertz CT molecular complexity index is 752. The molecular formula is C11H11F2N3O5S. The maximum atomic E-state index is 13.6. The lowest BCUT2D eigenvalue weighted by Gasteiger charge is -2.18. The second-order valence-electron chi connectivity index (χ2n) is 4.90. The van der Waals surface area contributed by atoms with E-state index in [1.165, 1.54) is 0 Å². The molecule has 0 aliphatic carbocycles. The van der Waals surface area contributed by atoms with E-state index in [9.17, 15) is 31.6 Å². The van der Waals surface area contributed by atoms with Gasteiger partial charge in [-0.2, -0.15) is 12.8 Å². The van der Waals surface area contributed by atoms with Gasteiger partial charge >= 0.3 is 15.9 Å². The highest BCUT2D eigenvalue weighted by Crippen LogP contribution is 2.34. The molecule has 1 atom stereocenters. The Morgan fingerprint density at radius 1 is 1.45 bits per heavy atom. The molecule has 2 N–H and O–H groups in total. The van der Waals surface area contributed by atoms with Crippen molar-refractivity contribution in [2.45, 2.75) is 6.42 Å². The zero-order valence-electron chi connectivity index (χ0n) is 11.0. The largest absolute Gasteiger partial charge is 0.397 e. The highest BCUT2D eigenvalue weighted by Gasteiger charge is 2.35. The maximum absolute atomic E-state index is 13.6. The molecule has 22 heavy (non-hydrogen) atoms. The zero-order valence-corrected chi connectivity index (χ0v) is 11.8. The van der Waals surface area contributed by atoms with Gasteiger partial charge in [-0.1, -0.05) is 0 Å². The van der Waals surface area contributed by atoms with E-state index in [1.807, 2.05) is 0 Å². The van der Waals surface area contributed by atoms with Crippen molar-refractivity contribution in [2.75, 3.05) is 22.9 Å². The molecule has 0 aromatic heterocycles. The predicted molar refractivity (Wildman–Crippen MR) is 72.8 cm³/mol. The van der Waals surface area contributed by atoms with E-state index >= 15 is 0 Å². The van der Waals surface area contributed by atoms with Crippen molar-refractivity contribution in [1.82, 2.24) is 0 Å². The first-order valence-electron chi connectivity index (χ1n) is 6.04. The number of carbonyl (C=O) groups excluding carboxylic acids is 1. The lowest BCUT2D eigenvalue weighted by Crippen LogP contribution is -2.26. The van der Waals surface area contributed by atoms with Crippen molar-refractivity contribution in [1.29, 1.82) is 0 Å². The number of amides is 1.